The highest BCUT2D eigenvalue weighted by atomic mass is 32.1. The van der Waals surface area contributed by atoms with Gasteiger partial charge in [-0.2, -0.15) is 0 Å². The van der Waals surface area contributed by atoms with Crippen LogP contribution in [-0.2, 0) is 0 Å². The summed E-state index contributed by atoms with van der Waals surface area (Å²) in [5.74, 6) is -0.204. The molecule has 3 unspecified atom stereocenters. The lowest BCUT2D eigenvalue weighted by atomic mass is 9.82. The summed E-state index contributed by atoms with van der Waals surface area (Å²) in [5.41, 5.74) is 2.94. The molecule has 3 heteroatoms. The van der Waals surface area contributed by atoms with Crippen molar-refractivity contribution in [3.63, 3.8) is 0 Å². The Morgan fingerprint density at radius 3 is 2.11 bits per heavy atom. The fourth-order valence-electron chi connectivity index (χ4n) is 3.46. The van der Waals surface area contributed by atoms with E-state index in [1.807, 2.05) is 60.7 Å². The number of aliphatic hydroxyl groups is 2. The first kappa shape index (κ1) is 22.5. The number of thiocarbonyl (C=S) groups is 1. The van der Waals surface area contributed by atoms with Crippen molar-refractivity contribution in [1.82, 2.24) is 0 Å². The molecule has 0 fully saturated rings. The topological polar surface area (TPSA) is 40.5 Å². The SMILES string of the molecule is CCCCCCC(C(=Cc1ccccc1)C(=S)c1ccccc1)C(O)C(C)O. The van der Waals surface area contributed by atoms with Gasteiger partial charge >= 0.3 is 0 Å². The van der Waals surface area contributed by atoms with E-state index in [1.54, 1.807) is 6.92 Å². The molecule has 0 aliphatic heterocycles. The number of hydrogen-bond acceptors (Lipinski definition) is 3. The van der Waals surface area contributed by atoms with Gasteiger partial charge in [0, 0.05) is 10.8 Å². The van der Waals surface area contributed by atoms with Crippen LogP contribution in [-0.4, -0.2) is 27.3 Å². The van der Waals surface area contributed by atoms with E-state index in [-0.39, 0.29) is 5.92 Å². The van der Waals surface area contributed by atoms with Crippen molar-refractivity contribution < 1.29 is 10.2 Å². The van der Waals surface area contributed by atoms with E-state index in [4.69, 9.17) is 12.2 Å². The molecule has 0 aromatic heterocycles. The summed E-state index contributed by atoms with van der Waals surface area (Å²) >= 11 is 5.86. The van der Waals surface area contributed by atoms with Crippen LogP contribution in [0.1, 0.15) is 57.1 Å². The summed E-state index contributed by atoms with van der Waals surface area (Å²) in [6.07, 6.45) is 5.69. The van der Waals surface area contributed by atoms with Crippen molar-refractivity contribution in [2.45, 2.75) is 58.2 Å². The molecule has 0 spiro atoms. The highest BCUT2D eigenvalue weighted by Gasteiger charge is 2.29. The molecular weight excluding hydrogens is 364 g/mol. The average molecular weight is 397 g/mol. The molecule has 150 valence electrons. The summed E-state index contributed by atoms with van der Waals surface area (Å²) in [6, 6.07) is 20.0. The van der Waals surface area contributed by atoms with Crippen molar-refractivity contribution in [2.24, 2.45) is 5.92 Å². The van der Waals surface area contributed by atoms with Crippen molar-refractivity contribution in [3.8, 4) is 0 Å². The summed E-state index contributed by atoms with van der Waals surface area (Å²) in [4.78, 5) is 0.740. The van der Waals surface area contributed by atoms with Crippen LogP contribution < -0.4 is 0 Å². The third kappa shape index (κ3) is 6.66. The number of aliphatic hydroxyl groups excluding tert-OH is 2. The molecule has 2 N–H and O–H groups in total. The number of benzene rings is 2. The molecule has 0 saturated heterocycles. The predicted molar refractivity (Wildman–Crippen MR) is 122 cm³/mol. The number of unbranched alkanes of at least 4 members (excludes halogenated alkanes) is 3. The fourth-order valence-corrected chi connectivity index (χ4v) is 3.81. The van der Waals surface area contributed by atoms with Crippen molar-refractivity contribution >= 4 is 23.2 Å². The maximum absolute atomic E-state index is 10.8. The lowest BCUT2D eigenvalue weighted by Gasteiger charge is -2.28. The zero-order valence-corrected chi connectivity index (χ0v) is 17.7. The highest BCUT2D eigenvalue weighted by molar-refractivity contribution is 7.81. The Morgan fingerprint density at radius 1 is 0.929 bits per heavy atom. The largest absolute Gasteiger partial charge is 0.391 e. The molecule has 0 bridgehead atoms. The van der Waals surface area contributed by atoms with Crippen LogP contribution in [0.25, 0.3) is 6.08 Å². The highest BCUT2D eigenvalue weighted by Crippen LogP contribution is 2.30. The van der Waals surface area contributed by atoms with Gasteiger partial charge in [0.2, 0.25) is 0 Å². The Kier molecular flexibility index (Phi) is 9.56. The lowest BCUT2D eigenvalue weighted by Crippen LogP contribution is -2.34. The van der Waals surface area contributed by atoms with Crippen LogP contribution in [0, 0.1) is 5.92 Å². The molecule has 0 aliphatic carbocycles. The molecule has 2 aromatic carbocycles. The Bertz CT molecular complexity index is 738. The second-order valence-corrected chi connectivity index (χ2v) is 7.80. The van der Waals surface area contributed by atoms with Crippen LogP contribution in [0.5, 0.6) is 0 Å². The van der Waals surface area contributed by atoms with E-state index in [9.17, 15) is 10.2 Å². The summed E-state index contributed by atoms with van der Waals surface area (Å²) in [7, 11) is 0. The monoisotopic (exact) mass is 396 g/mol. The lowest BCUT2D eigenvalue weighted by molar-refractivity contribution is 0.00160. The molecular formula is C25H32O2S. The third-order valence-corrected chi connectivity index (χ3v) is 5.57. The molecule has 3 atom stereocenters. The zero-order chi connectivity index (χ0) is 20.4. The quantitative estimate of drug-likeness (QED) is 0.218. The fraction of sp³-hybridized carbons (Fsp3) is 0.400. The van der Waals surface area contributed by atoms with Gasteiger partial charge in [-0.3, -0.25) is 0 Å². The Hall–Kier alpha value is -1.81. The van der Waals surface area contributed by atoms with E-state index in [2.05, 4.69) is 13.0 Å². The number of rotatable bonds is 11. The first-order chi connectivity index (χ1) is 13.5. The average Bonchev–Trinajstić information content (AvgIpc) is 2.73. The molecule has 0 heterocycles. The molecule has 0 saturated carbocycles. The maximum Gasteiger partial charge on any atom is 0.0865 e. The molecule has 0 amide bonds. The molecule has 2 aromatic rings. The Labute approximate surface area is 174 Å². The first-order valence-electron chi connectivity index (χ1n) is 10.3. The van der Waals surface area contributed by atoms with Crippen LogP contribution in [0.3, 0.4) is 0 Å². The molecule has 2 nitrogen and oxygen atoms in total. The molecule has 0 aliphatic rings. The Balaban J connectivity index is 2.42. The van der Waals surface area contributed by atoms with Gasteiger partial charge in [-0.15, -0.1) is 0 Å². The van der Waals surface area contributed by atoms with Gasteiger partial charge in [-0.05, 0) is 36.1 Å². The van der Waals surface area contributed by atoms with Gasteiger partial charge < -0.3 is 10.2 Å². The van der Waals surface area contributed by atoms with Crippen LogP contribution >= 0.6 is 12.2 Å². The van der Waals surface area contributed by atoms with E-state index < -0.39 is 12.2 Å². The molecule has 2 rings (SSSR count). The molecule has 28 heavy (non-hydrogen) atoms. The van der Waals surface area contributed by atoms with Crippen LogP contribution in [0.4, 0.5) is 0 Å². The predicted octanol–water partition coefficient (Wildman–Crippen LogP) is 5.82. The van der Waals surface area contributed by atoms with Gasteiger partial charge in [0.15, 0.2) is 0 Å². The van der Waals surface area contributed by atoms with Crippen LogP contribution in [0.15, 0.2) is 66.2 Å². The first-order valence-corrected chi connectivity index (χ1v) is 10.7. The standard InChI is InChI=1S/C25H32O2S/c1-3-4-5-12-17-22(24(27)19(2)26)23(18-20-13-8-6-9-14-20)25(28)21-15-10-7-11-16-21/h6-11,13-16,18-19,22,24,26-27H,3-5,12,17H2,1-2H3. The Morgan fingerprint density at radius 2 is 1.54 bits per heavy atom. The third-order valence-electron chi connectivity index (χ3n) is 5.09. The second kappa shape index (κ2) is 11.9. The summed E-state index contributed by atoms with van der Waals surface area (Å²) < 4.78 is 0. The van der Waals surface area contributed by atoms with Gasteiger partial charge in [0.05, 0.1) is 12.2 Å². The number of hydrogen-bond donors (Lipinski definition) is 2. The van der Waals surface area contributed by atoms with Crippen LogP contribution in [0.2, 0.25) is 0 Å². The summed E-state index contributed by atoms with van der Waals surface area (Å²) in [6.45, 7) is 3.84. The minimum absolute atomic E-state index is 0.204. The second-order valence-electron chi connectivity index (χ2n) is 7.39. The van der Waals surface area contributed by atoms with Crippen molar-refractivity contribution in [2.75, 3.05) is 0 Å². The van der Waals surface area contributed by atoms with Gasteiger partial charge in [0.1, 0.15) is 0 Å². The van der Waals surface area contributed by atoms with E-state index in [1.165, 1.54) is 12.8 Å². The normalized spacial score (nSPS) is 15.1. The van der Waals surface area contributed by atoms with E-state index in [0.29, 0.717) is 0 Å². The van der Waals surface area contributed by atoms with Gasteiger partial charge in [-0.1, -0.05) is 105 Å². The van der Waals surface area contributed by atoms with E-state index >= 15 is 0 Å². The van der Waals surface area contributed by atoms with Crippen molar-refractivity contribution in [3.05, 3.63) is 77.4 Å². The van der Waals surface area contributed by atoms with Gasteiger partial charge in [0.25, 0.3) is 0 Å². The van der Waals surface area contributed by atoms with E-state index in [0.717, 1.165) is 40.8 Å². The zero-order valence-electron chi connectivity index (χ0n) is 16.9. The van der Waals surface area contributed by atoms with Crippen molar-refractivity contribution in [1.29, 1.82) is 0 Å². The summed E-state index contributed by atoms with van der Waals surface area (Å²) in [5, 5.41) is 21.0. The minimum Gasteiger partial charge on any atom is -0.391 e. The smallest absolute Gasteiger partial charge is 0.0865 e. The molecule has 0 radical (unpaired) electrons. The van der Waals surface area contributed by atoms with Gasteiger partial charge in [-0.25, -0.2) is 0 Å². The minimum atomic E-state index is -0.849. The maximum atomic E-state index is 10.8.